The highest BCUT2D eigenvalue weighted by Crippen LogP contribution is 2.30. The topological polar surface area (TPSA) is 79.8 Å². The number of aromatic amines is 1. The minimum Gasteiger partial charge on any atom is -0.352 e. The number of rotatable bonds is 3. The molecule has 9 heteroatoms. The van der Waals surface area contributed by atoms with Crippen LogP contribution in [0, 0.1) is 5.92 Å². The second kappa shape index (κ2) is 6.14. The lowest BCUT2D eigenvalue weighted by atomic mass is 9.99. The fraction of sp³-hybridized carbons (Fsp3) is 0.400. The Bertz CT molecular complexity index is 810. The fourth-order valence-electron chi connectivity index (χ4n) is 2.75. The molecule has 0 saturated carbocycles. The van der Waals surface area contributed by atoms with Gasteiger partial charge in [-0.3, -0.25) is 9.59 Å². The van der Waals surface area contributed by atoms with Crippen LogP contribution in [-0.2, 0) is 19.1 Å². The van der Waals surface area contributed by atoms with Crippen molar-refractivity contribution in [3.8, 4) is 0 Å². The predicted octanol–water partition coefficient (Wildman–Crippen LogP) is 1.58. The molecule has 2 aromatic heterocycles. The summed E-state index contributed by atoms with van der Waals surface area (Å²) in [6.45, 7) is 0.635. The van der Waals surface area contributed by atoms with Crippen molar-refractivity contribution in [2.75, 3.05) is 6.54 Å². The number of hydrogen-bond acceptors (Lipinski definition) is 3. The van der Waals surface area contributed by atoms with E-state index in [0.717, 1.165) is 6.20 Å². The molecule has 0 aliphatic carbocycles. The van der Waals surface area contributed by atoms with E-state index >= 15 is 0 Å². The zero-order valence-corrected chi connectivity index (χ0v) is 12.6. The van der Waals surface area contributed by atoms with Crippen molar-refractivity contribution in [2.24, 2.45) is 5.92 Å². The molecule has 0 bridgehead atoms. The molecule has 1 atom stereocenters. The van der Waals surface area contributed by atoms with Crippen molar-refractivity contribution in [1.82, 2.24) is 19.9 Å². The fourth-order valence-corrected chi connectivity index (χ4v) is 2.75. The molecule has 3 rings (SSSR count). The van der Waals surface area contributed by atoms with Gasteiger partial charge in [-0.25, -0.2) is 4.98 Å². The van der Waals surface area contributed by atoms with E-state index in [9.17, 15) is 22.8 Å². The van der Waals surface area contributed by atoms with Gasteiger partial charge >= 0.3 is 6.18 Å². The van der Waals surface area contributed by atoms with Crippen LogP contribution in [-0.4, -0.2) is 27.0 Å². The summed E-state index contributed by atoms with van der Waals surface area (Å²) in [5.74, 6) is -0.104. The van der Waals surface area contributed by atoms with Gasteiger partial charge in [0.2, 0.25) is 0 Å². The summed E-state index contributed by atoms with van der Waals surface area (Å²) in [6.07, 6.45) is -0.977. The van der Waals surface area contributed by atoms with Crippen molar-refractivity contribution in [2.45, 2.75) is 25.6 Å². The van der Waals surface area contributed by atoms with E-state index in [4.69, 9.17) is 0 Å². The van der Waals surface area contributed by atoms with E-state index in [2.05, 4.69) is 15.3 Å². The maximum Gasteiger partial charge on any atom is 0.434 e. The first-order valence-corrected chi connectivity index (χ1v) is 7.43. The van der Waals surface area contributed by atoms with Gasteiger partial charge in [0, 0.05) is 31.9 Å². The molecular weight excluding hydrogens is 325 g/mol. The Kier molecular flexibility index (Phi) is 4.16. The Morgan fingerprint density at radius 2 is 2.25 bits per heavy atom. The quantitative estimate of drug-likeness (QED) is 0.890. The number of H-pyrrole nitrogens is 1. The highest BCUT2D eigenvalue weighted by Gasteiger charge is 2.35. The van der Waals surface area contributed by atoms with Gasteiger partial charge in [0.05, 0.1) is 0 Å². The Labute approximate surface area is 134 Å². The SMILES string of the molecule is O=C(NC[C@H]1CCc2nc(C(F)(F)F)cn2C1)c1ccc[nH]c1=O. The smallest absolute Gasteiger partial charge is 0.352 e. The molecule has 6 nitrogen and oxygen atoms in total. The molecule has 3 heterocycles. The molecule has 0 radical (unpaired) electrons. The average Bonchev–Trinajstić information content (AvgIpc) is 2.96. The summed E-state index contributed by atoms with van der Waals surface area (Å²) < 4.78 is 39.5. The number of nitrogens with one attached hydrogen (secondary N) is 2. The molecule has 0 unspecified atom stereocenters. The van der Waals surface area contributed by atoms with Crippen molar-refractivity contribution >= 4 is 5.91 Å². The van der Waals surface area contributed by atoms with Gasteiger partial charge in [0.25, 0.3) is 11.5 Å². The van der Waals surface area contributed by atoms with Gasteiger partial charge < -0.3 is 14.9 Å². The Morgan fingerprint density at radius 1 is 1.46 bits per heavy atom. The number of hydrogen-bond donors (Lipinski definition) is 2. The van der Waals surface area contributed by atoms with E-state index in [0.29, 0.717) is 25.2 Å². The van der Waals surface area contributed by atoms with Gasteiger partial charge in [-0.1, -0.05) is 0 Å². The third-order valence-corrected chi connectivity index (χ3v) is 3.99. The van der Waals surface area contributed by atoms with E-state index in [-0.39, 0.29) is 18.0 Å². The predicted molar refractivity (Wildman–Crippen MR) is 78.4 cm³/mol. The Morgan fingerprint density at radius 3 is 2.96 bits per heavy atom. The third kappa shape index (κ3) is 3.34. The maximum atomic E-state index is 12.7. The maximum absolute atomic E-state index is 12.7. The monoisotopic (exact) mass is 340 g/mol. The van der Waals surface area contributed by atoms with E-state index in [1.807, 2.05) is 0 Å². The van der Waals surface area contributed by atoms with E-state index in [1.165, 1.54) is 16.8 Å². The van der Waals surface area contributed by atoms with Crippen molar-refractivity contribution in [3.05, 3.63) is 52.0 Å². The minimum atomic E-state index is -4.46. The van der Waals surface area contributed by atoms with Gasteiger partial charge in [0.15, 0.2) is 5.69 Å². The molecule has 1 aliphatic rings. The van der Waals surface area contributed by atoms with Crippen molar-refractivity contribution < 1.29 is 18.0 Å². The zero-order chi connectivity index (χ0) is 17.3. The molecule has 0 aromatic carbocycles. The lowest BCUT2D eigenvalue weighted by Gasteiger charge is -2.23. The Balaban J connectivity index is 1.62. The number of carbonyl (C=O) groups is 1. The van der Waals surface area contributed by atoms with Crippen molar-refractivity contribution in [1.29, 1.82) is 0 Å². The molecule has 1 amide bonds. The number of aromatic nitrogens is 3. The number of aryl methyl sites for hydroxylation is 1. The minimum absolute atomic E-state index is 0.0102. The molecule has 128 valence electrons. The van der Waals surface area contributed by atoms with Gasteiger partial charge in [-0.15, -0.1) is 0 Å². The summed E-state index contributed by atoms with van der Waals surface area (Å²) in [7, 11) is 0. The summed E-state index contributed by atoms with van der Waals surface area (Å²) >= 11 is 0. The van der Waals surface area contributed by atoms with Crippen LogP contribution < -0.4 is 10.9 Å². The van der Waals surface area contributed by atoms with Crippen LogP contribution in [0.3, 0.4) is 0 Å². The number of fused-ring (bicyclic) bond motifs is 1. The Hall–Kier alpha value is -2.58. The van der Waals surface area contributed by atoms with Crippen LogP contribution in [0.25, 0.3) is 0 Å². The van der Waals surface area contributed by atoms with Crippen LogP contribution in [0.5, 0.6) is 0 Å². The summed E-state index contributed by atoms with van der Waals surface area (Å²) in [6, 6.07) is 2.96. The molecule has 0 spiro atoms. The number of alkyl halides is 3. The number of nitrogens with zero attached hydrogens (tertiary/aromatic N) is 2. The van der Waals surface area contributed by atoms with Crippen LogP contribution in [0.1, 0.15) is 28.3 Å². The van der Waals surface area contributed by atoms with Gasteiger partial charge in [-0.2, -0.15) is 13.2 Å². The second-order valence-corrected chi connectivity index (χ2v) is 5.72. The molecule has 0 fully saturated rings. The van der Waals surface area contributed by atoms with Gasteiger partial charge in [0.1, 0.15) is 11.4 Å². The number of imidazole rings is 1. The number of halogens is 3. The van der Waals surface area contributed by atoms with Crippen LogP contribution >= 0.6 is 0 Å². The van der Waals surface area contributed by atoms with Crippen LogP contribution in [0.15, 0.2) is 29.3 Å². The standard InChI is InChI=1S/C15H15F3N4O2/c16-15(17,18)11-8-22-7-9(3-4-12(22)21-11)6-20-14(24)10-2-1-5-19-13(10)23/h1-2,5,8-9H,3-4,6-7H2,(H,19,23)(H,20,24)/t9-/m1/s1. The average molecular weight is 340 g/mol. The largest absolute Gasteiger partial charge is 0.434 e. The van der Waals surface area contributed by atoms with Gasteiger partial charge in [-0.05, 0) is 24.5 Å². The molecule has 1 aliphatic heterocycles. The lowest BCUT2D eigenvalue weighted by molar-refractivity contribution is -0.141. The summed E-state index contributed by atoms with van der Waals surface area (Å²) in [4.78, 5) is 29.6. The summed E-state index contributed by atoms with van der Waals surface area (Å²) in [5, 5.41) is 2.66. The third-order valence-electron chi connectivity index (χ3n) is 3.99. The molecule has 2 N–H and O–H groups in total. The first kappa shape index (κ1) is 16.3. The highest BCUT2D eigenvalue weighted by molar-refractivity contribution is 5.93. The van der Waals surface area contributed by atoms with Crippen molar-refractivity contribution in [3.63, 3.8) is 0 Å². The second-order valence-electron chi connectivity index (χ2n) is 5.72. The molecule has 24 heavy (non-hydrogen) atoms. The summed E-state index contributed by atoms with van der Waals surface area (Å²) in [5.41, 5.74) is -1.36. The molecule has 0 saturated heterocycles. The number of pyridine rings is 1. The highest BCUT2D eigenvalue weighted by atomic mass is 19.4. The first-order valence-electron chi connectivity index (χ1n) is 7.43. The van der Waals surface area contributed by atoms with Crippen LogP contribution in [0.2, 0.25) is 0 Å². The van der Waals surface area contributed by atoms with E-state index < -0.39 is 23.3 Å². The van der Waals surface area contributed by atoms with E-state index in [1.54, 1.807) is 6.07 Å². The number of amides is 1. The molecule has 2 aromatic rings. The van der Waals surface area contributed by atoms with Crippen LogP contribution in [0.4, 0.5) is 13.2 Å². The lowest BCUT2D eigenvalue weighted by Crippen LogP contribution is -2.35. The molecular formula is C15H15F3N4O2. The zero-order valence-electron chi connectivity index (χ0n) is 12.6. The first-order chi connectivity index (χ1) is 11.3. The number of carbonyl (C=O) groups excluding carboxylic acids is 1. The normalized spacial score (nSPS) is 17.4.